The van der Waals surface area contributed by atoms with Crippen molar-refractivity contribution in [2.24, 2.45) is 0 Å². The van der Waals surface area contributed by atoms with Crippen LogP contribution in [0.25, 0.3) is 33.4 Å². The molecule has 0 amide bonds. The molecule has 1 fully saturated rings. The summed E-state index contributed by atoms with van der Waals surface area (Å²) in [5, 5.41) is 0. The van der Waals surface area contributed by atoms with Crippen LogP contribution in [0, 0.1) is 11.6 Å². The molecule has 4 aromatic rings. The third-order valence-electron chi connectivity index (χ3n) is 6.85. The van der Waals surface area contributed by atoms with E-state index in [1.54, 1.807) is 55.6 Å². The zero-order chi connectivity index (χ0) is 28.3. The molecule has 11 heteroatoms. The lowest BCUT2D eigenvalue weighted by molar-refractivity contribution is 0.144. The molecule has 0 spiro atoms. The van der Waals surface area contributed by atoms with Crippen molar-refractivity contribution in [3.05, 3.63) is 71.9 Å². The minimum Gasteiger partial charge on any atom is -0.493 e. The number of rotatable bonds is 9. The molecule has 5 rings (SSSR count). The maximum absolute atomic E-state index is 15.2. The highest BCUT2D eigenvalue weighted by atomic mass is 32.2. The average Bonchev–Trinajstić information content (AvgIpc) is 2.95. The zero-order valence-electron chi connectivity index (χ0n) is 22.2. The van der Waals surface area contributed by atoms with Gasteiger partial charge >= 0.3 is 0 Å². The van der Waals surface area contributed by atoms with Crippen LogP contribution in [-0.2, 0) is 21.1 Å². The van der Waals surface area contributed by atoms with Gasteiger partial charge in [-0.3, -0.25) is 9.88 Å². The highest BCUT2D eigenvalue weighted by Gasteiger charge is 2.24. The Balaban J connectivity index is 1.46. The summed E-state index contributed by atoms with van der Waals surface area (Å²) in [5.74, 6) is -0.330. The van der Waals surface area contributed by atoms with Gasteiger partial charge in [-0.25, -0.2) is 22.2 Å². The van der Waals surface area contributed by atoms with Crippen LogP contribution < -0.4 is 9.47 Å². The molecule has 0 radical (unpaired) electrons. The van der Waals surface area contributed by atoms with Gasteiger partial charge in [0.05, 0.1) is 48.1 Å². The molecule has 0 saturated carbocycles. The summed E-state index contributed by atoms with van der Waals surface area (Å²) in [7, 11) is 0.0581. The summed E-state index contributed by atoms with van der Waals surface area (Å²) in [6.07, 6.45) is 1.63. The van der Waals surface area contributed by atoms with E-state index >= 15 is 8.78 Å². The SMILES string of the molecule is COCCOc1ccc(-c2cnc3cccc(-c4cc(F)c(CN5CCS(=O)(=O)CC5)c(F)c4)c3n2)cc1OC. The number of methoxy groups -OCH3 is 2. The molecule has 8 nitrogen and oxygen atoms in total. The van der Waals surface area contributed by atoms with Crippen molar-refractivity contribution >= 4 is 20.9 Å². The van der Waals surface area contributed by atoms with E-state index in [9.17, 15) is 8.42 Å². The molecular formula is C29H29F2N3O5S. The average molecular weight is 570 g/mol. The van der Waals surface area contributed by atoms with Gasteiger partial charge in [-0.2, -0.15) is 0 Å². The number of ether oxygens (including phenoxy) is 3. The minimum atomic E-state index is -3.09. The van der Waals surface area contributed by atoms with E-state index in [-0.39, 0.29) is 36.7 Å². The van der Waals surface area contributed by atoms with Crippen LogP contribution in [0.4, 0.5) is 8.78 Å². The maximum atomic E-state index is 15.2. The largest absolute Gasteiger partial charge is 0.493 e. The summed E-state index contributed by atoms with van der Waals surface area (Å²) in [6.45, 7) is 1.30. The predicted octanol–water partition coefficient (Wildman–Crippen LogP) is 4.51. The first-order valence-electron chi connectivity index (χ1n) is 12.7. The Morgan fingerprint density at radius 1 is 0.925 bits per heavy atom. The molecule has 0 unspecified atom stereocenters. The van der Waals surface area contributed by atoms with Crippen molar-refractivity contribution in [2.75, 3.05) is 52.0 Å². The molecule has 1 saturated heterocycles. The van der Waals surface area contributed by atoms with Crippen molar-refractivity contribution in [3.8, 4) is 33.9 Å². The fourth-order valence-corrected chi connectivity index (χ4v) is 5.90. The van der Waals surface area contributed by atoms with E-state index in [1.807, 2.05) is 6.07 Å². The van der Waals surface area contributed by atoms with E-state index in [4.69, 9.17) is 19.2 Å². The van der Waals surface area contributed by atoms with Gasteiger partial charge in [0.2, 0.25) is 0 Å². The van der Waals surface area contributed by atoms with Gasteiger partial charge in [0.25, 0.3) is 0 Å². The first kappa shape index (κ1) is 27.9. The van der Waals surface area contributed by atoms with E-state index in [1.165, 1.54) is 12.1 Å². The van der Waals surface area contributed by atoms with Crippen LogP contribution >= 0.6 is 0 Å². The highest BCUT2D eigenvalue weighted by molar-refractivity contribution is 7.91. The smallest absolute Gasteiger partial charge is 0.161 e. The van der Waals surface area contributed by atoms with E-state index in [0.29, 0.717) is 52.6 Å². The number of nitrogens with zero attached hydrogens (tertiary/aromatic N) is 3. The second-order valence-corrected chi connectivity index (χ2v) is 11.8. The van der Waals surface area contributed by atoms with E-state index in [2.05, 4.69) is 4.98 Å². The summed E-state index contributed by atoms with van der Waals surface area (Å²) in [5.41, 5.74) is 3.13. The molecule has 1 aromatic heterocycles. The normalized spacial score (nSPS) is 15.3. The Bertz CT molecular complexity index is 1610. The van der Waals surface area contributed by atoms with Crippen LogP contribution in [0.5, 0.6) is 11.5 Å². The maximum Gasteiger partial charge on any atom is 0.161 e. The number of hydrogen-bond donors (Lipinski definition) is 0. The molecule has 0 bridgehead atoms. The van der Waals surface area contributed by atoms with Gasteiger partial charge in [-0.05, 0) is 42.0 Å². The van der Waals surface area contributed by atoms with Crippen molar-refractivity contribution in [2.45, 2.75) is 6.54 Å². The van der Waals surface area contributed by atoms with Crippen LogP contribution in [0.15, 0.2) is 54.7 Å². The van der Waals surface area contributed by atoms with Gasteiger partial charge in [-0.15, -0.1) is 0 Å². The van der Waals surface area contributed by atoms with Crippen LogP contribution in [-0.4, -0.2) is 75.3 Å². The standard InChI is InChI=1S/C29H29F2N3O5S/c1-37-10-11-39-27-7-6-19(16-28(27)38-2)26-17-32-25-5-3-4-21(29(25)33-26)20-14-23(30)22(24(31)15-20)18-34-8-12-40(35,36)13-9-34/h3-7,14-17H,8-13,18H2,1-2H3. The molecule has 2 heterocycles. The van der Waals surface area contributed by atoms with Crippen LogP contribution in [0.1, 0.15) is 5.56 Å². The van der Waals surface area contributed by atoms with Gasteiger partial charge in [0, 0.05) is 43.4 Å². The highest BCUT2D eigenvalue weighted by Crippen LogP contribution is 2.34. The monoisotopic (exact) mass is 569 g/mol. The number of benzene rings is 3. The fraction of sp³-hybridized carbons (Fsp3) is 0.310. The van der Waals surface area contributed by atoms with Gasteiger partial charge < -0.3 is 14.2 Å². The Morgan fingerprint density at radius 2 is 1.68 bits per heavy atom. The molecule has 1 aliphatic heterocycles. The minimum absolute atomic E-state index is 0.0000308. The predicted molar refractivity (Wildman–Crippen MR) is 148 cm³/mol. The third-order valence-corrected chi connectivity index (χ3v) is 8.46. The first-order chi connectivity index (χ1) is 19.3. The molecular weight excluding hydrogens is 540 g/mol. The lowest BCUT2D eigenvalue weighted by Crippen LogP contribution is -2.40. The van der Waals surface area contributed by atoms with Crippen molar-refractivity contribution in [3.63, 3.8) is 0 Å². The lowest BCUT2D eigenvalue weighted by atomic mass is 10.0. The molecule has 0 N–H and O–H groups in total. The Morgan fingerprint density at radius 3 is 2.38 bits per heavy atom. The van der Waals surface area contributed by atoms with E-state index in [0.717, 1.165) is 5.56 Å². The topological polar surface area (TPSA) is 90.9 Å². The number of sulfone groups is 1. The number of fused-ring (bicyclic) bond motifs is 1. The lowest BCUT2D eigenvalue weighted by Gasteiger charge is -2.26. The van der Waals surface area contributed by atoms with Gasteiger partial charge in [0.15, 0.2) is 21.3 Å². The summed E-state index contributed by atoms with van der Waals surface area (Å²) in [4.78, 5) is 11.1. The van der Waals surface area contributed by atoms with Gasteiger partial charge in [-0.1, -0.05) is 12.1 Å². The summed E-state index contributed by atoms with van der Waals surface area (Å²) in [6, 6.07) is 13.3. The number of hydrogen-bond acceptors (Lipinski definition) is 8. The molecule has 40 heavy (non-hydrogen) atoms. The second kappa shape index (κ2) is 11.8. The van der Waals surface area contributed by atoms with Crippen LogP contribution in [0.2, 0.25) is 0 Å². The van der Waals surface area contributed by atoms with Crippen molar-refractivity contribution in [1.82, 2.24) is 14.9 Å². The molecule has 0 atom stereocenters. The van der Waals surface area contributed by atoms with Crippen molar-refractivity contribution in [1.29, 1.82) is 0 Å². The summed E-state index contributed by atoms with van der Waals surface area (Å²) < 4.78 is 70.1. The fourth-order valence-electron chi connectivity index (χ4n) is 4.63. The van der Waals surface area contributed by atoms with Crippen molar-refractivity contribution < 1.29 is 31.4 Å². The number of aromatic nitrogens is 2. The number of halogens is 2. The second-order valence-electron chi connectivity index (χ2n) is 9.48. The Labute approximate surface area is 231 Å². The van der Waals surface area contributed by atoms with E-state index < -0.39 is 21.5 Å². The Kier molecular flexibility index (Phi) is 8.24. The number of para-hydroxylation sites is 1. The quantitative estimate of drug-likeness (QED) is 0.272. The molecule has 1 aliphatic rings. The zero-order valence-corrected chi connectivity index (χ0v) is 23.0. The molecule has 3 aromatic carbocycles. The molecule has 0 aliphatic carbocycles. The first-order valence-corrected chi connectivity index (χ1v) is 14.6. The Hall–Kier alpha value is -3.67. The van der Waals surface area contributed by atoms with Crippen LogP contribution in [0.3, 0.4) is 0 Å². The summed E-state index contributed by atoms with van der Waals surface area (Å²) >= 11 is 0. The third kappa shape index (κ3) is 6.06. The van der Waals surface area contributed by atoms with Gasteiger partial charge in [0.1, 0.15) is 18.2 Å². The molecule has 210 valence electrons.